The number of nitrogens with one attached hydrogen (secondary N) is 1. The van der Waals surface area contributed by atoms with Gasteiger partial charge in [0.25, 0.3) is 0 Å². The lowest BCUT2D eigenvalue weighted by molar-refractivity contribution is -0.246. The van der Waals surface area contributed by atoms with Crippen LogP contribution in [0.3, 0.4) is 0 Å². The molecule has 0 aromatic rings. The predicted octanol–water partition coefficient (Wildman–Crippen LogP) is 5.53. The SMILES string of the molecule is CCCNCCC[C@](C)(O)[C@H]1CC[C@]2(C)[C@@H]1[C@H](O)C[C@@H]1[C@@]3(C)CC[C@H](O)C(C)(C)[C@@H]3CC[C@]12C. The van der Waals surface area contributed by atoms with E-state index in [1.165, 1.54) is 12.8 Å². The van der Waals surface area contributed by atoms with Crippen LogP contribution in [0, 0.1) is 45.3 Å². The molecule has 0 heterocycles. The minimum atomic E-state index is -0.724. The van der Waals surface area contributed by atoms with Crippen molar-refractivity contribution >= 4 is 0 Å². The summed E-state index contributed by atoms with van der Waals surface area (Å²) in [6.07, 6.45) is 9.69. The summed E-state index contributed by atoms with van der Waals surface area (Å²) < 4.78 is 0. The average molecular weight is 478 g/mol. The Kier molecular flexibility index (Phi) is 7.11. The van der Waals surface area contributed by atoms with E-state index in [1.54, 1.807) is 0 Å². The maximum absolute atomic E-state index is 11.8. The number of fused-ring (bicyclic) bond motifs is 5. The van der Waals surface area contributed by atoms with Crippen LogP contribution in [0.25, 0.3) is 0 Å². The molecule has 0 aromatic carbocycles. The normalized spacial score (nSPS) is 49.6. The number of aliphatic hydroxyl groups excluding tert-OH is 2. The molecule has 34 heavy (non-hydrogen) atoms. The molecule has 4 heteroatoms. The van der Waals surface area contributed by atoms with Crippen LogP contribution >= 0.6 is 0 Å². The van der Waals surface area contributed by atoms with E-state index in [0.717, 1.165) is 64.5 Å². The fourth-order valence-electron chi connectivity index (χ4n) is 10.5. The van der Waals surface area contributed by atoms with Crippen molar-refractivity contribution in [3.05, 3.63) is 0 Å². The van der Waals surface area contributed by atoms with E-state index < -0.39 is 5.60 Å². The van der Waals surface area contributed by atoms with E-state index in [9.17, 15) is 15.3 Å². The Morgan fingerprint density at radius 3 is 2.24 bits per heavy atom. The summed E-state index contributed by atoms with van der Waals surface area (Å²) in [6, 6.07) is 0. The Balaban J connectivity index is 1.59. The van der Waals surface area contributed by atoms with Gasteiger partial charge in [0, 0.05) is 0 Å². The Bertz CT molecular complexity index is 737. The van der Waals surface area contributed by atoms with E-state index in [4.69, 9.17) is 0 Å². The van der Waals surface area contributed by atoms with Crippen LogP contribution in [-0.4, -0.2) is 46.2 Å². The van der Waals surface area contributed by atoms with Gasteiger partial charge in [-0.15, -0.1) is 0 Å². The molecule has 4 aliphatic rings. The third kappa shape index (κ3) is 3.84. The van der Waals surface area contributed by atoms with Gasteiger partial charge >= 0.3 is 0 Å². The molecule has 4 fully saturated rings. The molecule has 0 saturated heterocycles. The maximum Gasteiger partial charge on any atom is 0.0652 e. The monoisotopic (exact) mass is 477 g/mol. The van der Waals surface area contributed by atoms with E-state index in [0.29, 0.717) is 11.8 Å². The number of hydrogen-bond acceptors (Lipinski definition) is 4. The van der Waals surface area contributed by atoms with Crippen molar-refractivity contribution in [2.24, 2.45) is 45.3 Å². The van der Waals surface area contributed by atoms with Gasteiger partial charge in [0.2, 0.25) is 0 Å². The van der Waals surface area contributed by atoms with E-state index in [1.807, 2.05) is 6.92 Å². The topological polar surface area (TPSA) is 72.7 Å². The highest BCUT2D eigenvalue weighted by Crippen LogP contribution is 2.75. The van der Waals surface area contributed by atoms with E-state index in [2.05, 4.69) is 46.9 Å². The summed E-state index contributed by atoms with van der Waals surface area (Å²) in [4.78, 5) is 0. The zero-order valence-corrected chi connectivity index (χ0v) is 23.3. The van der Waals surface area contributed by atoms with Gasteiger partial charge in [-0.25, -0.2) is 0 Å². The molecule has 0 unspecified atom stereocenters. The molecule has 0 aliphatic heterocycles. The third-order valence-corrected chi connectivity index (χ3v) is 12.6. The van der Waals surface area contributed by atoms with Crippen molar-refractivity contribution < 1.29 is 15.3 Å². The van der Waals surface area contributed by atoms with Crippen LogP contribution in [0.1, 0.15) is 113 Å². The van der Waals surface area contributed by atoms with Gasteiger partial charge < -0.3 is 20.6 Å². The quantitative estimate of drug-likeness (QED) is 0.364. The highest BCUT2D eigenvalue weighted by molar-refractivity contribution is 5.19. The second-order valence-electron chi connectivity index (χ2n) is 14.5. The molecule has 0 radical (unpaired) electrons. The van der Waals surface area contributed by atoms with E-state index in [-0.39, 0.29) is 45.7 Å². The van der Waals surface area contributed by atoms with Crippen LogP contribution < -0.4 is 5.32 Å². The average Bonchev–Trinajstić information content (AvgIpc) is 3.14. The van der Waals surface area contributed by atoms with Crippen LogP contribution in [0.2, 0.25) is 0 Å². The standard InChI is InChI=1S/C30H55NO3/c1-8-17-31-18-9-13-30(7,34)20-10-15-29(6)25(20)21(32)19-23-27(4)14-12-24(33)26(2,3)22(27)11-16-28(23,29)5/h20-25,31-34H,8-19H2,1-7H3/t20-,21+,22-,23+,24-,25-,27-,28+,29+,30-/m0/s1. The first-order valence-electron chi connectivity index (χ1n) is 14.5. The zero-order valence-electron chi connectivity index (χ0n) is 23.3. The molecule has 0 amide bonds. The molecule has 10 atom stereocenters. The van der Waals surface area contributed by atoms with Crippen LogP contribution in [0.5, 0.6) is 0 Å². The molecule has 0 bridgehead atoms. The summed E-state index contributed by atoms with van der Waals surface area (Å²) in [5.74, 6) is 1.33. The lowest BCUT2D eigenvalue weighted by Crippen LogP contribution is -2.66. The molecule has 4 saturated carbocycles. The molecule has 4 N–H and O–H groups in total. The van der Waals surface area contributed by atoms with Crippen molar-refractivity contribution in [1.82, 2.24) is 5.32 Å². The first kappa shape index (κ1) is 26.9. The number of hydrogen-bond donors (Lipinski definition) is 4. The minimum Gasteiger partial charge on any atom is -0.393 e. The summed E-state index contributed by atoms with van der Waals surface area (Å²) in [5, 5.41) is 37.8. The van der Waals surface area contributed by atoms with Gasteiger partial charge in [0.05, 0.1) is 17.8 Å². The Hall–Kier alpha value is -0.160. The molecule has 4 rings (SSSR count). The number of rotatable bonds is 7. The summed E-state index contributed by atoms with van der Waals surface area (Å²) in [6.45, 7) is 18.3. The van der Waals surface area contributed by atoms with Crippen LogP contribution in [0.15, 0.2) is 0 Å². The van der Waals surface area contributed by atoms with Gasteiger partial charge in [-0.1, -0.05) is 41.5 Å². The second kappa shape index (κ2) is 8.99. The van der Waals surface area contributed by atoms with Crippen molar-refractivity contribution in [3.63, 3.8) is 0 Å². The fourth-order valence-corrected chi connectivity index (χ4v) is 10.5. The zero-order chi connectivity index (χ0) is 25.2. The highest BCUT2D eigenvalue weighted by Gasteiger charge is 2.71. The first-order chi connectivity index (χ1) is 15.8. The van der Waals surface area contributed by atoms with Crippen molar-refractivity contribution in [2.75, 3.05) is 13.1 Å². The molecule has 0 spiro atoms. The highest BCUT2D eigenvalue weighted by atomic mass is 16.3. The van der Waals surface area contributed by atoms with Gasteiger partial charge in [-0.3, -0.25) is 0 Å². The second-order valence-corrected chi connectivity index (χ2v) is 14.5. The smallest absolute Gasteiger partial charge is 0.0652 e. The van der Waals surface area contributed by atoms with Gasteiger partial charge in [-0.05, 0) is 130 Å². The lowest BCUT2D eigenvalue weighted by Gasteiger charge is -2.70. The summed E-state index contributed by atoms with van der Waals surface area (Å²) >= 11 is 0. The molecule has 198 valence electrons. The Labute approximate surface area is 209 Å². The summed E-state index contributed by atoms with van der Waals surface area (Å²) in [7, 11) is 0. The van der Waals surface area contributed by atoms with Crippen LogP contribution in [-0.2, 0) is 0 Å². The molecule has 0 aromatic heterocycles. The molecule has 4 nitrogen and oxygen atoms in total. The molecular formula is C30H55NO3. The number of aliphatic hydroxyl groups is 3. The predicted molar refractivity (Wildman–Crippen MR) is 139 cm³/mol. The largest absolute Gasteiger partial charge is 0.393 e. The van der Waals surface area contributed by atoms with Gasteiger partial charge in [0.15, 0.2) is 0 Å². The van der Waals surface area contributed by atoms with Crippen molar-refractivity contribution in [2.45, 2.75) is 130 Å². The van der Waals surface area contributed by atoms with Gasteiger partial charge in [0.1, 0.15) is 0 Å². The Morgan fingerprint density at radius 1 is 0.882 bits per heavy atom. The fraction of sp³-hybridized carbons (Fsp3) is 1.00. The summed E-state index contributed by atoms with van der Waals surface area (Å²) in [5.41, 5.74) is -0.397. The van der Waals surface area contributed by atoms with Gasteiger partial charge in [-0.2, -0.15) is 0 Å². The van der Waals surface area contributed by atoms with E-state index >= 15 is 0 Å². The Morgan fingerprint density at radius 2 is 1.56 bits per heavy atom. The minimum absolute atomic E-state index is 0.0542. The lowest BCUT2D eigenvalue weighted by atomic mass is 9.35. The third-order valence-electron chi connectivity index (χ3n) is 12.6. The first-order valence-corrected chi connectivity index (χ1v) is 14.5. The van der Waals surface area contributed by atoms with Crippen molar-refractivity contribution in [3.8, 4) is 0 Å². The molecule has 4 aliphatic carbocycles. The van der Waals surface area contributed by atoms with Crippen LogP contribution in [0.4, 0.5) is 0 Å². The van der Waals surface area contributed by atoms with Crippen molar-refractivity contribution in [1.29, 1.82) is 0 Å². The molecular weight excluding hydrogens is 422 g/mol. The maximum atomic E-state index is 11.8.